The molecule has 1 amide bonds. The first kappa shape index (κ1) is 16.2. The van der Waals surface area contributed by atoms with E-state index in [9.17, 15) is 4.79 Å². The Hall–Kier alpha value is -1.64. The summed E-state index contributed by atoms with van der Waals surface area (Å²) < 4.78 is 7.03. The number of tetrazole rings is 1. The smallest absolute Gasteiger partial charge is 0.230 e. The molecule has 7 nitrogen and oxygen atoms in total. The minimum absolute atomic E-state index is 0.0638. The largest absolute Gasteiger partial charge is 0.376 e. The van der Waals surface area contributed by atoms with Crippen LogP contribution in [-0.2, 0) is 9.53 Å². The van der Waals surface area contributed by atoms with Crippen molar-refractivity contribution in [1.82, 2.24) is 25.5 Å². The van der Waals surface area contributed by atoms with Crippen LogP contribution in [0.15, 0.2) is 29.4 Å². The predicted molar refractivity (Wildman–Crippen MR) is 86.9 cm³/mol. The molecule has 0 spiro atoms. The molecule has 1 aromatic heterocycles. The van der Waals surface area contributed by atoms with Gasteiger partial charge in [-0.3, -0.25) is 4.79 Å². The Bertz CT molecular complexity index is 675. The quantitative estimate of drug-likeness (QED) is 0.796. The van der Waals surface area contributed by atoms with E-state index in [0.717, 1.165) is 25.1 Å². The minimum atomic E-state index is -0.0638. The summed E-state index contributed by atoms with van der Waals surface area (Å²) in [5.41, 5.74) is 0.754. The van der Waals surface area contributed by atoms with E-state index in [2.05, 4.69) is 20.8 Å². The third-order valence-corrected chi connectivity index (χ3v) is 4.53. The number of ether oxygens (including phenoxy) is 1. The Kier molecular flexibility index (Phi) is 5.47. The molecule has 23 heavy (non-hydrogen) atoms. The molecular formula is C14H16ClN5O2S. The average Bonchev–Trinajstić information content (AvgIpc) is 3.22. The zero-order chi connectivity index (χ0) is 16.1. The second-order valence-corrected chi connectivity index (χ2v) is 6.46. The first-order chi connectivity index (χ1) is 11.2. The van der Waals surface area contributed by atoms with E-state index in [1.165, 1.54) is 11.8 Å². The third-order valence-electron chi connectivity index (χ3n) is 3.38. The van der Waals surface area contributed by atoms with E-state index in [-0.39, 0.29) is 17.8 Å². The molecule has 0 unspecified atom stereocenters. The van der Waals surface area contributed by atoms with Crippen molar-refractivity contribution in [3.8, 4) is 5.69 Å². The van der Waals surface area contributed by atoms with Crippen molar-refractivity contribution < 1.29 is 9.53 Å². The van der Waals surface area contributed by atoms with Crippen molar-refractivity contribution >= 4 is 29.3 Å². The highest BCUT2D eigenvalue weighted by molar-refractivity contribution is 7.99. The summed E-state index contributed by atoms with van der Waals surface area (Å²) in [4.78, 5) is 11.9. The molecule has 1 aliphatic heterocycles. The number of benzene rings is 1. The molecule has 1 N–H and O–H groups in total. The molecule has 1 saturated heterocycles. The number of amides is 1. The molecule has 1 aliphatic rings. The Morgan fingerprint density at radius 1 is 1.52 bits per heavy atom. The zero-order valence-corrected chi connectivity index (χ0v) is 13.9. The van der Waals surface area contributed by atoms with Crippen molar-refractivity contribution in [3.63, 3.8) is 0 Å². The number of nitrogens with zero attached hydrogens (tertiary/aromatic N) is 4. The number of halogens is 1. The highest BCUT2D eigenvalue weighted by Crippen LogP contribution is 2.20. The van der Waals surface area contributed by atoms with E-state index < -0.39 is 0 Å². The van der Waals surface area contributed by atoms with Gasteiger partial charge in [0.15, 0.2) is 0 Å². The highest BCUT2D eigenvalue weighted by atomic mass is 35.5. The standard InChI is InChI=1S/C14H16ClN5O2S/c15-10-3-1-4-11(7-10)20-14(17-18-19-20)23-9-13(21)16-8-12-5-2-6-22-12/h1,3-4,7,12H,2,5-6,8-9H2,(H,16,21)/t12-/m1/s1. The summed E-state index contributed by atoms with van der Waals surface area (Å²) in [6.45, 7) is 1.34. The van der Waals surface area contributed by atoms with Crippen LogP contribution < -0.4 is 5.32 Å². The van der Waals surface area contributed by atoms with Crippen molar-refractivity contribution in [2.45, 2.75) is 24.1 Å². The molecule has 9 heteroatoms. The van der Waals surface area contributed by atoms with Gasteiger partial charge in [-0.2, -0.15) is 4.68 Å². The van der Waals surface area contributed by atoms with Crippen LogP contribution in [0, 0.1) is 0 Å². The molecule has 1 aromatic carbocycles. The van der Waals surface area contributed by atoms with Gasteiger partial charge in [-0.15, -0.1) is 5.10 Å². The van der Waals surface area contributed by atoms with Gasteiger partial charge >= 0.3 is 0 Å². The summed E-state index contributed by atoms with van der Waals surface area (Å²) in [5.74, 6) is 0.180. The molecule has 2 aromatic rings. The van der Waals surface area contributed by atoms with Crippen LogP contribution in [-0.4, -0.2) is 51.1 Å². The maximum absolute atomic E-state index is 11.9. The van der Waals surface area contributed by atoms with E-state index >= 15 is 0 Å². The molecule has 1 fully saturated rings. The maximum Gasteiger partial charge on any atom is 0.230 e. The van der Waals surface area contributed by atoms with Crippen LogP contribution in [0.3, 0.4) is 0 Å². The molecule has 2 heterocycles. The molecule has 1 atom stereocenters. The molecule has 0 aliphatic carbocycles. The highest BCUT2D eigenvalue weighted by Gasteiger charge is 2.17. The van der Waals surface area contributed by atoms with Crippen LogP contribution in [0.5, 0.6) is 0 Å². The SMILES string of the molecule is O=C(CSc1nnnn1-c1cccc(Cl)c1)NC[C@H]1CCCO1. The molecule has 0 bridgehead atoms. The van der Waals surface area contributed by atoms with E-state index in [1.54, 1.807) is 16.8 Å². The van der Waals surface area contributed by atoms with Crippen LogP contribution >= 0.6 is 23.4 Å². The topological polar surface area (TPSA) is 81.9 Å². The second kappa shape index (κ2) is 7.76. The first-order valence-corrected chi connectivity index (χ1v) is 8.64. The van der Waals surface area contributed by atoms with E-state index in [0.29, 0.717) is 16.7 Å². The number of rotatable bonds is 6. The van der Waals surface area contributed by atoms with Gasteiger partial charge < -0.3 is 10.1 Å². The van der Waals surface area contributed by atoms with Crippen LogP contribution in [0.2, 0.25) is 5.02 Å². The Balaban J connectivity index is 1.54. The van der Waals surface area contributed by atoms with Crippen LogP contribution in [0.25, 0.3) is 5.69 Å². The van der Waals surface area contributed by atoms with Gasteiger partial charge in [-0.25, -0.2) is 0 Å². The van der Waals surface area contributed by atoms with E-state index in [4.69, 9.17) is 16.3 Å². The lowest BCUT2D eigenvalue weighted by atomic mass is 10.2. The molecule has 3 rings (SSSR count). The Labute approximate surface area is 142 Å². The summed E-state index contributed by atoms with van der Waals surface area (Å²) in [7, 11) is 0. The summed E-state index contributed by atoms with van der Waals surface area (Å²) in [5, 5.41) is 15.6. The number of thioether (sulfide) groups is 1. The molecule has 122 valence electrons. The molecule has 0 saturated carbocycles. The monoisotopic (exact) mass is 353 g/mol. The molecular weight excluding hydrogens is 338 g/mol. The fourth-order valence-corrected chi connectivity index (χ4v) is 3.16. The van der Waals surface area contributed by atoms with Crippen molar-refractivity contribution in [3.05, 3.63) is 29.3 Å². The fourth-order valence-electron chi connectivity index (χ4n) is 2.25. The van der Waals surface area contributed by atoms with Crippen molar-refractivity contribution in [1.29, 1.82) is 0 Å². The normalized spacial score (nSPS) is 17.3. The number of carbonyl (C=O) groups excluding carboxylic acids is 1. The number of hydrogen-bond acceptors (Lipinski definition) is 6. The lowest BCUT2D eigenvalue weighted by Crippen LogP contribution is -2.32. The fraction of sp³-hybridized carbons (Fsp3) is 0.429. The number of aromatic nitrogens is 4. The number of nitrogens with one attached hydrogen (secondary N) is 1. The average molecular weight is 354 g/mol. The van der Waals surface area contributed by atoms with E-state index in [1.807, 2.05) is 12.1 Å². The number of hydrogen-bond donors (Lipinski definition) is 1. The Morgan fingerprint density at radius 2 is 2.43 bits per heavy atom. The number of carbonyl (C=O) groups is 1. The zero-order valence-electron chi connectivity index (χ0n) is 12.3. The predicted octanol–water partition coefficient (Wildman–Crippen LogP) is 1.70. The van der Waals surface area contributed by atoms with Crippen LogP contribution in [0.4, 0.5) is 0 Å². The van der Waals surface area contributed by atoms with Gasteiger partial charge in [0.05, 0.1) is 17.5 Å². The first-order valence-electron chi connectivity index (χ1n) is 7.28. The summed E-state index contributed by atoms with van der Waals surface area (Å²) in [6.07, 6.45) is 2.20. The minimum Gasteiger partial charge on any atom is -0.376 e. The summed E-state index contributed by atoms with van der Waals surface area (Å²) in [6, 6.07) is 7.21. The van der Waals surface area contributed by atoms with Gasteiger partial charge in [0.25, 0.3) is 0 Å². The van der Waals surface area contributed by atoms with Gasteiger partial charge in [0.1, 0.15) is 0 Å². The van der Waals surface area contributed by atoms with Gasteiger partial charge in [0, 0.05) is 18.2 Å². The van der Waals surface area contributed by atoms with Crippen molar-refractivity contribution in [2.24, 2.45) is 0 Å². The van der Waals surface area contributed by atoms with Gasteiger partial charge in [0.2, 0.25) is 11.1 Å². The van der Waals surface area contributed by atoms with Crippen LogP contribution in [0.1, 0.15) is 12.8 Å². The van der Waals surface area contributed by atoms with Crippen molar-refractivity contribution in [2.75, 3.05) is 18.9 Å². The van der Waals surface area contributed by atoms with Gasteiger partial charge in [-0.1, -0.05) is 29.4 Å². The summed E-state index contributed by atoms with van der Waals surface area (Å²) >= 11 is 7.26. The molecule has 0 radical (unpaired) electrons. The maximum atomic E-state index is 11.9. The Morgan fingerprint density at radius 3 is 3.22 bits per heavy atom. The second-order valence-electron chi connectivity index (χ2n) is 5.08. The lowest BCUT2D eigenvalue weighted by molar-refractivity contribution is -0.119. The lowest BCUT2D eigenvalue weighted by Gasteiger charge is -2.10. The third kappa shape index (κ3) is 4.43. The van der Waals surface area contributed by atoms with Gasteiger partial charge in [-0.05, 0) is 41.5 Å².